The first-order valence-electron chi connectivity index (χ1n) is 5.99. The summed E-state index contributed by atoms with van der Waals surface area (Å²) in [5.41, 5.74) is 0. The highest BCUT2D eigenvalue weighted by atomic mass is 127. The SMILES string of the molecule is CCNC(=NCCN1CCC1)NC(C)C.I. The lowest BCUT2D eigenvalue weighted by molar-refractivity contribution is 0.187. The highest BCUT2D eigenvalue weighted by Crippen LogP contribution is 2.03. The van der Waals surface area contributed by atoms with Gasteiger partial charge < -0.3 is 15.5 Å². The molecule has 0 atom stereocenters. The van der Waals surface area contributed by atoms with E-state index in [1.54, 1.807) is 0 Å². The van der Waals surface area contributed by atoms with Crippen LogP contribution in [0.1, 0.15) is 27.2 Å². The standard InChI is InChI=1S/C11H24N4.HI/c1-4-12-11(14-10(2)3)13-6-9-15-7-5-8-15;/h10H,4-9H2,1-3H3,(H2,12,13,14);1H. The summed E-state index contributed by atoms with van der Waals surface area (Å²) >= 11 is 0. The third kappa shape index (κ3) is 6.52. The van der Waals surface area contributed by atoms with Crippen LogP contribution in [-0.2, 0) is 0 Å². The number of hydrogen-bond acceptors (Lipinski definition) is 2. The average molecular weight is 340 g/mol. The molecule has 1 saturated heterocycles. The summed E-state index contributed by atoms with van der Waals surface area (Å²) in [4.78, 5) is 6.96. The first-order chi connectivity index (χ1) is 7.22. The summed E-state index contributed by atoms with van der Waals surface area (Å²) in [5.74, 6) is 0.938. The Morgan fingerprint density at radius 2 is 2.06 bits per heavy atom. The minimum atomic E-state index is 0. The van der Waals surface area contributed by atoms with Crippen LogP contribution in [0.2, 0.25) is 0 Å². The van der Waals surface area contributed by atoms with Gasteiger partial charge in [-0.05, 0) is 40.3 Å². The molecule has 0 saturated carbocycles. The van der Waals surface area contributed by atoms with Crippen LogP contribution in [0.3, 0.4) is 0 Å². The molecular formula is C11H25IN4. The zero-order valence-corrected chi connectivity index (χ0v) is 13.0. The van der Waals surface area contributed by atoms with Crippen molar-refractivity contribution in [2.75, 3.05) is 32.7 Å². The van der Waals surface area contributed by atoms with Gasteiger partial charge in [0.15, 0.2) is 5.96 Å². The largest absolute Gasteiger partial charge is 0.357 e. The fourth-order valence-electron chi connectivity index (χ4n) is 1.50. The van der Waals surface area contributed by atoms with Crippen LogP contribution in [0.4, 0.5) is 0 Å². The molecule has 0 spiro atoms. The molecule has 1 fully saturated rings. The molecule has 0 unspecified atom stereocenters. The second-order valence-corrected chi connectivity index (χ2v) is 4.25. The van der Waals surface area contributed by atoms with E-state index in [-0.39, 0.29) is 24.0 Å². The van der Waals surface area contributed by atoms with Crippen LogP contribution in [-0.4, -0.2) is 49.6 Å². The maximum Gasteiger partial charge on any atom is 0.191 e. The Morgan fingerprint density at radius 3 is 2.50 bits per heavy atom. The molecule has 16 heavy (non-hydrogen) atoms. The molecule has 0 aliphatic carbocycles. The topological polar surface area (TPSA) is 39.7 Å². The highest BCUT2D eigenvalue weighted by molar-refractivity contribution is 14.0. The van der Waals surface area contributed by atoms with E-state index >= 15 is 0 Å². The molecule has 0 bridgehead atoms. The molecule has 0 amide bonds. The molecule has 0 radical (unpaired) electrons. The predicted octanol–water partition coefficient (Wildman–Crippen LogP) is 1.27. The fraction of sp³-hybridized carbons (Fsp3) is 0.909. The van der Waals surface area contributed by atoms with Gasteiger partial charge in [-0.3, -0.25) is 4.99 Å². The van der Waals surface area contributed by atoms with Crippen LogP contribution >= 0.6 is 24.0 Å². The normalized spacial score (nSPS) is 16.6. The summed E-state index contributed by atoms with van der Waals surface area (Å²) in [6.45, 7) is 11.8. The monoisotopic (exact) mass is 340 g/mol. The minimum absolute atomic E-state index is 0. The Hall–Kier alpha value is -0.0400. The number of aliphatic imine (C=N–C) groups is 1. The zero-order chi connectivity index (χ0) is 11.1. The van der Waals surface area contributed by atoms with Gasteiger partial charge in [-0.25, -0.2) is 0 Å². The predicted molar refractivity (Wildman–Crippen MR) is 80.7 cm³/mol. The molecule has 1 aliphatic rings. The molecule has 4 nitrogen and oxygen atoms in total. The number of nitrogens with zero attached hydrogens (tertiary/aromatic N) is 2. The van der Waals surface area contributed by atoms with E-state index in [9.17, 15) is 0 Å². The van der Waals surface area contributed by atoms with E-state index in [2.05, 4.69) is 41.3 Å². The molecular weight excluding hydrogens is 315 g/mol. The lowest BCUT2D eigenvalue weighted by Gasteiger charge is -2.29. The first-order valence-corrected chi connectivity index (χ1v) is 5.99. The summed E-state index contributed by atoms with van der Waals surface area (Å²) < 4.78 is 0. The van der Waals surface area contributed by atoms with Gasteiger partial charge in [0, 0.05) is 19.1 Å². The molecule has 0 aromatic heterocycles. The Morgan fingerprint density at radius 1 is 1.38 bits per heavy atom. The maximum absolute atomic E-state index is 4.53. The summed E-state index contributed by atoms with van der Waals surface area (Å²) in [6, 6.07) is 0.437. The molecule has 96 valence electrons. The van der Waals surface area contributed by atoms with Crippen molar-refractivity contribution in [3.05, 3.63) is 0 Å². The lowest BCUT2D eigenvalue weighted by Crippen LogP contribution is -2.42. The van der Waals surface area contributed by atoms with Crippen molar-refractivity contribution in [3.63, 3.8) is 0 Å². The van der Waals surface area contributed by atoms with Crippen LogP contribution in [0.25, 0.3) is 0 Å². The summed E-state index contributed by atoms with van der Waals surface area (Å²) in [5, 5.41) is 6.55. The molecule has 2 N–H and O–H groups in total. The van der Waals surface area contributed by atoms with E-state index in [0.29, 0.717) is 6.04 Å². The Kier molecular flexibility index (Phi) is 9.02. The van der Waals surface area contributed by atoms with Crippen LogP contribution in [0.5, 0.6) is 0 Å². The van der Waals surface area contributed by atoms with Crippen molar-refractivity contribution >= 4 is 29.9 Å². The number of guanidine groups is 1. The van der Waals surface area contributed by atoms with Crippen LogP contribution in [0, 0.1) is 0 Å². The number of nitrogens with one attached hydrogen (secondary N) is 2. The Balaban J connectivity index is 0.00000225. The summed E-state index contributed by atoms with van der Waals surface area (Å²) in [7, 11) is 0. The van der Waals surface area contributed by atoms with Crippen molar-refractivity contribution < 1.29 is 0 Å². The Labute approximate surface area is 116 Å². The Bertz CT molecular complexity index is 202. The van der Waals surface area contributed by atoms with E-state index < -0.39 is 0 Å². The van der Waals surface area contributed by atoms with Crippen LogP contribution in [0.15, 0.2) is 4.99 Å². The van der Waals surface area contributed by atoms with Gasteiger partial charge in [-0.1, -0.05) is 0 Å². The van der Waals surface area contributed by atoms with E-state index in [1.165, 1.54) is 19.5 Å². The van der Waals surface area contributed by atoms with Gasteiger partial charge >= 0.3 is 0 Å². The van der Waals surface area contributed by atoms with Gasteiger partial charge in [0.1, 0.15) is 0 Å². The molecule has 1 rings (SSSR count). The van der Waals surface area contributed by atoms with Crippen molar-refractivity contribution in [2.24, 2.45) is 4.99 Å². The summed E-state index contributed by atoms with van der Waals surface area (Å²) in [6.07, 6.45) is 1.36. The number of rotatable bonds is 5. The van der Waals surface area contributed by atoms with Gasteiger partial charge in [0.05, 0.1) is 6.54 Å². The van der Waals surface area contributed by atoms with E-state index in [4.69, 9.17) is 0 Å². The molecule has 0 aromatic carbocycles. The fourth-order valence-corrected chi connectivity index (χ4v) is 1.50. The molecule has 1 aliphatic heterocycles. The van der Waals surface area contributed by atoms with E-state index in [0.717, 1.165) is 25.6 Å². The molecule has 0 aromatic rings. The third-order valence-corrected chi connectivity index (χ3v) is 2.40. The van der Waals surface area contributed by atoms with Crippen LogP contribution < -0.4 is 10.6 Å². The van der Waals surface area contributed by atoms with Crippen molar-refractivity contribution in [1.29, 1.82) is 0 Å². The van der Waals surface area contributed by atoms with Crippen molar-refractivity contribution in [3.8, 4) is 0 Å². The quantitative estimate of drug-likeness (QED) is 0.450. The zero-order valence-electron chi connectivity index (χ0n) is 10.6. The van der Waals surface area contributed by atoms with Crippen molar-refractivity contribution in [2.45, 2.75) is 33.2 Å². The number of halogens is 1. The van der Waals surface area contributed by atoms with E-state index in [1.807, 2.05) is 0 Å². The van der Waals surface area contributed by atoms with Gasteiger partial charge in [0.25, 0.3) is 0 Å². The van der Waals surface area contributed by atoms with Gasteiger partial charge in [-0.2, -0.15) is 0 Å². The minimum Gasteiger partial charge on any atom is -0.357 e. The smallest absolute Gasteiger partial charge is 0.191 e. The average Bonchev–Trinajstić information content (AvgIpc) is 2.08. The number of hydrogen-bond donors (Lipinski definition) is 2. The van der Waals surface area contributed by atoms with Crippen molar-refractivity contribution in [1.82, 2.24) is 15.5 Å². The van der Waals surface area contributed by atoms with Gasteiger partial charge in [0.2, 0.25) is 0 Å². The maximum atomic E-state index is 4.53. The second kappa shape index (κ2) is 9.04. The first kappa shape index (κ1) is 16.0. The third-order valence-electron chi connectivity index (χ3n) is 2.40. The lowest BCUT2D eigenvalue weighted by atomic mass is 10.2. The number of likely N-dealkylation sites (tertiary alicyclic amines) is 1. The second-order valence-electron chi connectivity index (χ2n) is 4.25. The van der Waals surface area contributed by atoms with Gasteiger partial charge in [-0.15, -0.1) is 24.0 Å². The highest BCUT2D eigenvalue weighted by Gasteiger charge is 2.12. The molecule has 5 heteroatoms. The molecule has 1 heterocycles.